The van der Waals surface area contributed by atoms with Crippen molar-refractivity contribution in [1.82, 2.24) is 0 Å². The minimum absolute atomic E-state index is 0.0796. The second-order valence-electron chi connectivity index (χ2n) is 8.50. The number of esters is 1. The summed E-state index contributed by atoms with van der Waals surface area (Å²) in [6.45, 7) is 5.90. The van der Waals surface area contributed by atoms with Gasteiger partial charge in [0, 0.05) is 18.3 Å². The zero-order chi connectivity index (χ0) is 18.9. The van der Waals surface area contributed by atoms with E-state index in [9.17, 15) is 14.7 Å². The number of rotatable bonds is 1. The topological polar surface area (TPSA) is 63.6 Å². The number of aliphatic hydroxyl groups excluding tert-OH is 1. The molecule has 0 saturated heterocycles. The van der Waals surface area contributed by atoms with E-state index in [4.69, 9.17) is 0 Å². The van der Waals surface area contributed by atoms with Crippen LogP contribution in [0.3, 0.4) is 0 Å². The maximum absolute atomic E-state index is 11.7. The lowest BCUT2D eigenvalue weighted by Crippen LogP contribution is -2.52. The van der Waals surface area contributed by atoms with Gasteiger partial charge in [0.25, 0.3) is 0 Å². The molecule has 0 radical (unpaired) electrons. The van der Waals surface area contributed by atoms with Gasteiger partial charge in [0.2, 0.25) is 0 Å². The van der Waals surface area contributed by atoms with Crippen LogP contribution in [0.5, 0.6) is 0 Å². The van der Waals surface area contributed by atoms with Crippen molar-refractivity contribution in [2.24, 2.45) is 29.1 Å². The summed E-state index contributed by atoms with van der Waals surface area (Å²) < 4.78 is 4.40. The fraction of sp³-hybridized carbons (Fsp3) is 0.727. The summed E-state index contributed by atoms with van der Waals surface area (Å²) in [7, 11) is 0. The van der Waals surface area contributed by atoms with Crippen LogP contribution in [0.2, 0.25) is 0 Å². The van der Waals surface area contributed by atoms with Gasteiger partial charge in [0.15, 0.2) is 5.78 Å². The van der Waals surface area contributed by atoms with Crippen LogP contribution in [0.4, 0.5) is 0 Å². The Morgan fingerprint density at radius 3 is 2.73 bits per heavy atom. The molecule has 6 atom stereocenters. The minimum Gasteiger partial charge on any atom is -0.466 e. The van der Waals surface area contributed by atoms with Gasteiger partial charge in [-0.1, -0.05) is 31.4 Å². The number of allylic oxidation sites excluding steroid dienone is 4. The minimum atomic E-state index is -0.211. The predicted molar refractivity (Wildman–Crippen MR) is 100 cm³/mol. The Balaban J connectivity index is 0.000000286. The summed E-state index contributed by atoms with van der Waals surface area (Å²) in [5.74, 6) is 2.48. The third-order valence-electron chi connectivity index (χ3n) is 7.08. The molecule has 0 aromatic rings. The number of fused-ring (bicyclic) bond motifs is 5. The Morgan fingerprint density at radius 2 is 2.08 bits per heavy atom. The number of aliphatic hydroxyl groups is 1. The molecule has 1 N–H and O–H groups in total. The molecule has 4 nitrogen and oxygen atoms in total. The highest BCUT2D eigenvalue weighted by atomic mass is 16.5. The Labute approximate surface area is 156 Å². The number of hydrogen-bond donors (Lipinski definition) is 1. The average Bonchev–Trinajstić information content (AvgIpc) is 3.04. The number of ether oxygens (including phenoxy) is 1. The lowest BCUT2D eigenvalue weighted by atomic mass is 9.50. The highest BCUT2D eigenvalue weighted by Gasteiger charge is 2.55. The van der Waals surface area contributed by atoms with Gasteiger partial charge in [-0.25, -0.2) is 0 Å². The molecule has 0 heterocycles. The molecular formula is C22H32O4. The summed E-state index contributed by atoms with van der Waals surface area (Å²) in [5.41, 5.74) is 1.19. The third-order valence-corrected chi connectivity index (χ3v) is 7.08. The molecule has 144 valence electrons. The van der Waals surface area contributed by atoms with Gasteiger partial charge in [-0.3, -0.25) is 9.59 Å². The molecule has 6 unspecified atom stereocenters. The SMILES string of the molecule is CC12C=CC(=O)C=C1CCC1C3CCCC3CC(O)C12.CCOC(C)=O. The van der Waals surface area contributed by atoms with Gasteiger partial charge < -0.3 is 9.84 Å². The largest absolute Gasteiger partial charge is 0.466 e. The molecule has 4 aliphatic carbocycles. The first-order valence-electron chi connectivity index (χ1n) is 10.1. The molecule has 3 fully saturated rings. The lowest BCUT2D eigenvalue weighted by molar-refractivity contribution is -0.140. The normalized spacial score (nSPS) is 40.4. The van der Waals surface area contributed by atoms with E-state index >= 15 is 0 Å². The summed E-state index contributed by atoms with van der Waals surface area (Å²) in [5, 5.41) is 10.8. The Kier molecular flexibility index (Phi) is 5.71. The number of carbonyl (C=O) groups is 2. The van der Waals surface area contributed by atoms with Crippen molar-refractivity contribution in [3.8, 4) is 0 Å². The molecule has 4 heteroatoms. The molecular weight excluding hydrogens is 328 g/mol. The first-order chi connectivity index (χ1) is 12.4. The van der Waals surface area contributed by atoms with Gasteiger partial charge in [-0.2, -0.15) is 0 Å². The molecule has 0 aromatic carbocycles. The maximum atomic E-state index is 11.7. The van der Waals surface area contributed by atoms with Gasteiger partial charge in [0.1, 0.15) is 0 Å². The molecule has 0 aliphatic heterocycles. The van der Waals surface area contributed by atoms with Crippen LogP contribution in [-0.2, 0) is 14.3 Å². The lowest BCUT2D eigenvalue weighted by Gasteiger charge is -2.55. The van der Waals surface area contributed by atoms with Crippen LogP contribution in [0.15, 0.2) is 23.8 Å². The van der Waals surface area contributed by atoms with Crippen molar-refractivity contribution in [3.63, 3.8) is 0 Å². The first-order valence-corrected chi connectivity index (χ1v) is 10.1. The fourth-order valence-electron chi connectivity index (χ4n) is 6.10. The van der Waals surface area contributed by atoms with Crippen LogP contribution in [-0.4, -0.2) is 29.6 Å². The van der Waals surface area contributed by atoms with Gasteiger partial charge in [-0.15, -0.1) is 0 Å². The van der Waals surface area contributed by atoms with E-state index in [1.807, 2.05) is 6.08 Å². The molecule has 0 spiro atoms. The monoisotopic (exact) mass is 360 g/mol. The highest BCUT2D eigenvalue weighted by molar-refractivity contribution is 6.01. The Bertz CT molecular complexity index is 620. The first kappa shape index (κ1) is 19.3. The third kappa shape index (κ3) is 3.53. The zero-order valence-electron chi connectivity index (χ0n) is 16.2. The van der Waals surface area contributed by atoms with E-state index in [1.54, 1.807) is 13.0 Å². The summed E-state index contributed by atoms with van der Waals surface area (Å²) in [6, 6.07) is 0. The molecule has 3 saturated carbocycles. The highest BCUT2D eigenvalue weighted by Crippen LogP contribution is 2.60. The van der Waals surface area contributed by atoms with Crippen molar-refractivity contribution in [3.05, 3.63) is 23.8 Å². The Morgan fingerprint density at radius 1 is 1.31 bits per heavy atom. The van der Waals surface area contributed by atoms with Crippen LogP contribution in [0.25, 0.3) is 0 Å². The molecule has 0 aromatic heterocycles. The van der Waals surface area contributed by atoms with Crippen LogP contribution in [0.1, 0.15) is 59.3 Å². The van der Waals surface area contributed by atoms with Crippen molar-refractivity contribution in [2.45, 2.75) is 65.4 Å². The molecule has 0 bridgehead atoms. The molecule has 0 amide bonds. The standard InChI is InChI=1S/C18H24O2.C4H8O2/c1-18-8-7-13(19)10-12(18)5-6-15-14-4-2-3-11(14)9-16(20)17(15)18;1-3-6-4(2)5/h7-8,10-11,14-17,20H,2-6,9H2,1H3;3H2,1-2H3. The summed E-state index contributed by atoms with van der Waals surface area (Å²) >= 11 is 0. The van der Waals surface area contributed by atoms with Crippen molar-refractivity contribution in [2.75, 3.05) is 6.61 Å². The number of ketones is 1. The second kappa shape index (κ2) is 7.67. The van der Waals surface area contributed by atoms with Crippen molar-refractivity contribution < 1.29 is 19.4 Å². The van der Waals surface area contributed by atoms with Gasteiger partial charge in [-0.05, 0) is 62.5 Å². The van der Waals surface area contributed by atoms with E-state index in [0.717, 1.165) is 24.7 Å². The zero-order valence-corrected chi connectivity index (χ0v) is 16.2. The van der Waals surface area contributed by atoms with Crippen LogP contribution in [0, 0.1) is 29.1 Å². The molecule has 4 aliphatic rings. The average molecular weight is 360 g/mol. The summed E-state index contributed by atoms with van der Waals surface area (Å²) in [4.78, 5) is 21.5. The van der Waals surface area contributed by atoms with Gasteiger partial charge >= 0.3 is 5.97 Å². The van der Waals surface area contributed by atoms with Crippen LogP contribution >= 0.6 is 0 Å². The van der Waals surface area contributed by atoms with E-state index in [-0.39, 0.29) is 23.3 Å². The van der Waals surface area contributed by atoms with E-state index < -0.39 is 0 Å². The Hall–Kier alpha value is -1.42. The molecule has 26 heavy (non-hydrogen) atoms. The predicted octanol–water partition coefficient (Wildman–Crippen LogP) is 3.83. The van der Waals surface area contributed by atoms with Crippen LogP contribution < -0.4 is 0 Å². The van der Waals surface area contributed by atoms with Gasteiger partial charge in [0.05, 0.1) is 12.7 Å². The fourth-order valence-corrected chi connectivity index (χ4v) is 6.10. The number of carbonyl (C=O) groups excluding carboxylic acids is 2. The quantitative estimate of drug-likeness (QED) is 0.722. The second-order valence-corrected chi connectivity index (χ2v) is 8.50. The smallest absolute Gasteiger partial charge is 0.302 e. The van der Waals surface area contributed by atoms with E-state index in [1.165, 1.54) is 38.2 Å². The summed E-state index contributed by atoms with van der Waals surface area (Å²) in [6.07, 6.45) is 12.7. The van der Waals surface area contributed by atoms with Crippen molar-refractivity contribution in [1.29, 1.82) is 0 Å². The maximum Gasteiger partial charge on any atom is 0.302 e. The van der Waals surface area contributed by atoms with E-state index in [0.29, 0.717) is 18.4 Å². The molecule has 4 rings (SSSR count). The van der Waals surface area contributed by atoms with Crippen molar-refractivity contribution >= 4 is 11.8 Å². The number of hydrogen-bond acceptors (Lipinski definition) is 4. The van der Waals surface area contributed by atoms with E-state index in [2.05, 4.69) is 17.7 Å².